The molecular formula is C26H24FN7O2. The van der Waals surface area contributed by atoms with Gasteiger partial charge in [-0.05, 0) is 48.4 Å². The molecule has 0 radical (unpaired) electrons. The maximum absolute atomic E-state index is 13.7. The fourth-order valence-electron chi connectivity index (χ4n) is 4.84. The Labute approximate surface area is 206 Å². The number of nitrogens with zero attached hydrogens (tertiary/aromatic N) is 6. The molecule has 2 aliphatic rings. The number of nitrogens with one attached hydrogen (secondary N) is 1. The minimum absolute atomic E-state index is 0.0181. The first-order valence-electron chi connectivity index (χ1n) is 11.9. The first-order valence-corrected chi connectivity index (χ1v) is 11.9. The predicted molar refractivity (Wildman–Crippen MR) is 134 cm³/mol. The van der Waals surface area contributed by atoms with Gasteiger partial charge in [0.25, 0.3) is 5.56 Å². The number of fused-ring (bicyclic) bond motifs is 2. The van der Waals surface area contributed by atoms with Crippen molar-refractivity contribution in [3.05, 3.63) is 76.7 Å². The molecular weight excluding hydrogens is 461 g/mol. The molecule has 10 heteroatoms. The molecule has 1 aromatic carbocycles. The number of aromatic nitrogens is 4. The highest BCUT2D eigenvalue weighted by molar-refractivity contribution is 5.90. The zero-order valence-electron chi connectivity index (χ0n) is 19.5. The molecule has 0 bridgehead atoms. The highest BCUT2D eigenvalue weighted by Gasteiger charge is 2.24. The van der Waals surface area contributed by atoms with Crippen LogP contribution >= 0.6 is 0 Å². The molecule has 0 spiro atoms. The molecule has 36 heavy (non-hydrogen) atoms. The summed E-state index contributed by atoms with van der Waals surface area (Å²) in [5, 5.41) is 3.22. The SMILES string of the molecule is O=C(Cn1cc(-c2ccc3ncnc(N4CCc5cc(F)ccc54)c3n2)ccc1=O)N1CCNCC1. The van der Waals surface area contributed by atoms with Gasteiger partial charge in [-0.15, -0.1) is 0 Å². The molecule has 1 saturated heterocycles. The Bertz CT molecular complexity index is 1530. The molecule has 1 fully saturated rings. The molecule has 0 saturated carbocycles. The zero-order valence-corrected chi connectivity index (χ0v) is 19.5. The van der Waals surface area contributed by atoms with Crippen LogP contribution in [-0.4, -0.2) is 63.0 Å². The van der Waals surface area contributed by atoms with Gasteiger partial charge in [-0.1, -0.05) is 0 Å². The number of rotatable bonds is 4. The predicted octanol–water partition coefficient (Wildman–Crippen LogP) is 2.12. The first kappa shape index (κ1) is 22.3. The molecule has 6 rings (SSSR count). The van der Waals surface area contributed by atoms with Crippen LogP contribution in [0.1, 0.15) is 5.56 Å². The highest BCUT2D eigenvalue weighted by Crippen LogP contribution is 2.36. The molecule has 182 valence electrons. The second-order valence-electron chi connectivity index (χ2n) is 8.95. The van der Waals surface area contributed by atoms with Gasteiger partial charge in [-0.3, -0.25) is 9.59 Å². The van der Waals surface area contributed by atoms with Crippen LogP contribution in [-0.2, 0) is 17.8 Å². The highest BCUT2D eigenvalue weighted by atomic mass is 19.1. The number of pyridine rings is 2. The first-order chi connectivity index (χ1) is 17.6. The van der Waals surface area contributed by atoms with Crippen molar-refractivity contribution in [1.29, 1.82) is 0 Å². The van der Waals surface area contributed by atoms with E-state index in [1.54, 1.807) is 29.3 Å². The number of hydrogen-bond donors (Lipinski definition) is 1. The van der Waals surface area contributed by atoms with Crippen molar-refractivity contribution in [3.63, 3.8) is 0 Å². The average molecular weight is 486 g/mol. The van der Waals surface area contributed by atoms with E-state index in [1.807, 2.05) is 17.0 Å². The minimum atomic E-state index is -0.255. The molecule has 9 nitrogen and oxygen atoms in total. The van der Waals surface area contributed by atoms with Gasteiger partial charge in [0.15, 0.2) is 5.82 Å². The Kier molecular flexibility index (Phi) is 5.65. The number of anilines is 2. The molecule has 1 N–H and O–H groups in total. The summed E-state index contributed by atoms with van der Waals surface area (Å²) in [5.74, 6) is 0.311. The number of amides is 1. The Hall–Kier alpha value is -4.18. The third kappa shape index (κ3) is 4.09. The lowest BCUT2D eigenvalue weighted by Gasteiger charge is -2.27. The van der Waals surface area contributed by atoms with Gasteiger partial charge in [-0.25, -0.2) is 19.3 Å². The van der Waals surface area contributed by atoms with Gasteiger partial charge in [0.05, 0.1) is 11.2 Å². The molecule has 5 heterocycles. The van der Waals surface area contributed by atoms with Crippen LogP contribution in [0.4, 0.5) is 15.9 Å². The number of benzene rings is 1. The van der Waals surface area contributed by atoms with E-state index in [9.17, 15) is 14.0 Å². The lowest BCUT2D eigenvalue weighted by molar-refractivity contribution is -0.132. The monoisotopic (exact) mass is 485 g/mol. The lowest BCUT2D eigenvalue weighted by atomic mass is 10.1. The van der Waals surface area contributed by atoms with Crippen molar-refractivity contribution in [2.45, 2.75) is 13.0 Å². The van der Waals surface area contributed by atoms with Crippen LogP contribution < -0.4 is 15.8 Å². The van der Waals surface area contributed by atoms with E-state index >= 15 is 0 Å². The van der Waals surface area contributed by atoms with E-state index in [1.165, 1.54) is 23.0 Å². The molecule has 0 unspecified atom stereocenters. The molecule has 1 amide bonds. The van der Waals surface area contributed by atoms with Crippen molar-refractivity contribution in [2.75, 3.05) is 37.6 Å². The smallest absolute Gasteiger partial charge is 0.251 e. The fraction of sp³-hybridized carbons (Fsp3) is 0.269. The van der Waals surface area contributed by atoms with Gasteiger partial charge in [0.2, 0.25) is 5.91 Å². The summed E-state index contributed by atoms with van der Waals surface area (Å²) in [4.78, 5) is 42.8. The van der Waals surface area contributed by atoms with Crippen LogP contribution in [0.15, 0.2) is 59.8 Å². The minimum Gasteiger partial charge on any atom is -0.339 e. The lowest BCUT2D eigenvalue weighted by Crippen LogP contribution is -2.48. The topological polar surface area (TPSA) is 96.2 Å². The van der Waals surface area contributed by atoms with Crippen molar-refractivity contribution < 1.29 is 9.18 Å². The second kappa shape index (κ2) is 9.12. The summed E-state index contributed by atoms with van der Waals surface area (Å²) >= 11 is 0. The summed E-state index contributed by atoms with van der Waals surface area (Å²) in [5.41, 5.74) is 4.24. The van der Waals surface area contributed by atoms with E-state index in [-0.39, 0.29) is 23.8 Å². The number of halogens is 1. The van der Waals surface area contributed by atoms with Gasteiger partial charge in [-0.2, -0.15) is 0 Å². The molecule has 4 aromatic rings. The van der Waals surface area contributed by atoms with Crippen molar-refractivity contribution in [3.8, 4) is 11.3 Å². The average Bonchev–Trinajstić information content (AvgIpc) is 3.32. The number of carbonyl (C=O) groups is 1. The standard InChI is InChI=1S/C26H24FN7O2/c27-19-2-5-22-17(13-19)7-10-34(22)26-25-21(29-16-30-26)4-3-20(31-25)18-1-6-23(35)33(14-18)15-24(36)32-11-8-28-9-12-32/h1-6,13-14,16,28H,7-12,15H2. The van der Waals surface area contributed by atoms with E-state index < -0.39 is 0 Å². The van der Waals surface area contributed by atoms with E-state index in [0.717, 1.165) is 24.3 Å². The maximum Gasteiger partial charge on any atom is 0.251 e. The molecule has 0 aliphatic carbocycles. The summed E-state index contributed by atoms with van der Waals surface area (Å²) in [6.07, 6.45) is 3.89. The van der Waals surface area contributed by atoms with Crippen molar-refractivity contribution >= 4 is 28.4 Å². The Balaban J connectivity index is 1.35. The third-order valence-electron chi connectivity index (χ3n) is 6.71. The molecule has 0 atom stereocenters. The van der Waals surface area contributed by atoms with E-state index in [4.69, 9.17) is 4.98 Å². The van der Waals surface area contributed by atoms with Crippen LogP contribution in [0.2, 0.25) is 0 Å². The van der Waals surface area contributed by atoms with E-state index in [2.05, 4.69) is 15.3 Å². The summed E-state index contributed by atoms with van der Waals surface area (Å²) in [7, 11) is 0. The Morgan fingerprint density at radius 2 is 1.89 bits per heavy atom. The van der Waals surface area contributed by atoms with Crippen LogP contribution in [0.5, 0.6) is 0 Å². The number of piperazine rings is 1. The number of carbonyl (C=O) groups excluding carboxylic acids is 1. The fourth-order valence-corrected chi connectivity index (χ4v) is 4.84. The van der Waals surface area contributed by atoms with Gasteiger partial charge in [0.1, 0.15) is 24.2 Å². The Morgan fingerprint density at radius 3 is 2.75 bits per heavy atom. The summed E-state index contributed by atoms with van der Waals surface area (Å²) in [6.45, 7) is 3.42. The van der Waals surface area contributed by atoms with Crippen molar-refractivity contribution in [1.82, 2.24) is 29.7 Å². The molecule has 2 aliphatic heterocycles. The van der Waals surface area contributed by atoms with Gasteiger partial charge >= 0.3 is 0 Å². The summed E-state index contributed by atoms with van der Waals surface area (Å²) in [6, 6.07) is 11.6. The van der Waals surface area contributed by atoms with Crippen molar-refractivity contribution in [2.24, 2.45) is 0 Å². The van der Waals surface area contributed by atoms with E-state index in [0.29, 0.717) is 54.2 Å². The largest absolute Gasteiger partial charge is 0.339 e. The maximum atomic E-state index is 13.7. The number of hydrogen-bond acceptors (Lipinski definition) is 7. The van der Waals surface area contributed by atoms with Crippen LogP contribution in [0.25, 0.3) is 22.3 Å². The summed E-state index contributed by atoms with van der Waals surface area (Å²) < 4.78 is 15.2. The van der Waals surface area contributed by atoms with Gasteiger partial charge in [0, 0.05) is 56.2 Å². The zero-order chi connectivity index (χ0) is 24.6. The normalized spacial score (nSPS) is 15.4. The van der Waals surface area contributed by atoms with Crippen LogP contribution in [0, 0.1) is 5.82 Å². The third-order valence-corrected chi connectivity index (χ3v) is 6.71. The van der Waals surface area contributed by atoms with Crippen LogP contribution in [0.3, 0.4) is 0 Å². The van der Waals surface area contributed by atoms with Gasteiger partial charge < -0.3 is 19.7 Å². The molecule has 3 aromatic heterocycles. The second-order valence-corrected chi connectivity index (χ2v) is 8.95. The Morgan fingerprint density at radius 1 is 1.03 bits per heavy atom. The quantitative estimate of drug-likeness (QED) is 0.473.